The zero-order valence-corrected chi connectivity index (χ0v) is 12.4. The van der Waals surface area contributed by atoms with Crippen molar-refractivity contribution in [1.82, 2.24) is 4.90 Å². The number of carbonyl (C=O) groups excluding carboxylic acids is 1. The van der Waals surface area contributed by atoms with Crippen LogP contribution < -0.4 is 0 Å². The van der Waals surface area contributed by atoms with Crippen molar-refractivity contribution >= 4 is 11.9 Å². The van der Waals surface area contributed by atoms with Crippen molar-refractivity contribution in [3.8, 4) is 0 Å². The van der Waals surface area contributed by atoms with Crippen LogP contribution in [-0.4, -0.2) is 34.5 Å². The molecule has 0 spiro atoms. The zero-order valence-electron chi connectivity index (χ0n) is 12.4. The first kappa shape index (κ1) is 15.3. The molecule has 1 aliphatic carbocycles. The molecule has 1 atom stereocenters. The molecule has 20 heavy (non-hydrogen) atoms. The van der Waals surface area contributed by atoms with Crippen LogP contribution in [0.3, 0.4) is 0 Å². The van der Waals surface area contributed by atoms with Crippen molar-refractivity contribution in [3.05, 3.63) is 0 Å². The van der Waals surface area contributed by atoms with Gasteiger partial charge in [-0.25, -0.2) is 4.79 Å². The van der Waals surface area contributed by atoms with E-state index in [4.69, 9.17) is 0 Å². The van der Waals surface area contributed by atoms with Gasteiger partial charge in [0, 0.05) is 12.5 Å². The van der Waals surface area contributed by atoms with Crippen LogP contribution in [-0.2, 0) is 9.59 Å². The molecule has 1 saturated heterocycles. The minimum Gasteiger partial charge on any atom is -0.480 e. The molecule has 2 fully saturated rings. The Morgan fingerprint density at radius 3 is 2.00 bits per heavy atom. The standard InChI is InChI=1S/C16H27NO3/c18-15(13-9-5-2-1-3-6-10-13)17-12-8-4-7-11-14(17)16(19)20/h13-14H,1-12H2,(H,19,20). The summed E-state index contributed by atoms with van der Waals surface area (Å²) in [5, 5.41) is 9.39. The van der Waals surface area contributed by atoms with Crippen LogP contribution in [0.5, 0.6) is 0 Å². The van der Waals surface area contributed by atoms with Gasteiger partial charge in [0.1, 0.15) is 6.04 Å². The smallest absolute Gasteiger partial charge is 0.326 e. The molecule has 0 aromatic rings. The maximum absolute atomic E-state index is 12.7. The third kappa shape index (κ3) is 3.97. The quantitative estimate of drug-likeness (QED) is 0.845. The van der Waals surface area contributed by atoms with Gasteiger partial charge in [-0.3, -0.25) is 4.79 Å². The van der Waals surface area contributed by atoms with Crippen LogP contribution >= 0.6 is 0 Å². The number of aliphatic carboxylic acids is 1. The molecule has 0 radical (unpaired) electrons. The second kappa shape index (κ2) is 7.65. The van der Waals surface area contributed by atoms with Crippen molar-refractivity contribution in [2.24, 2.45) is 5.92 Å². The predicted molar refractivity (Wildman–Crippen MR) is 77.4 cm³/mol. The highest BCUT2D eigenvalue weighted by molar-refractivity contribution is 5.85. The van der Waals surface area contributed by atoms with Gasteiger partial charge in [-0.15, -0.1) is 0 Å². The molecule has 2 rings (SSSR count). The highest BCUT2D eigenvalue weighted by Gasteiger charge is 2.34. The van der Waals surface area contributed by atoms with Gasteiger partial charge in [-0.1, -0.05) is 44.9 Å². The van der Waals surface area contributed by atoms with Crippen LogP contribution in [0.4, 0.5) is 0 Å². The first-order valence-electron chi connectivity index (χ1n) is 8.23. The summed E-state index contributed by atoms with van der Waals surface area (Å²) in [6.07, 6.45) is 11.4. The van der Waals surface area contributed by atoms with E-state index in [1.807, 2.05) is 0 Å². The van der Waals surface area contributed by atoms with E-state index in [0.717, 1.165) is 44.9 Å². The van der Waals surface area contributed by atoms with Crippen LogP contribution in [0.2, 0.25) is 0 Å². The Hall–Kier alpha value is -1.06. The minimum atomic E-state index is -0.828. The van der Waals surface area contributed by atoms with Crippen LogP contribution in [0.15, 0.2) is 0 Å². The summed E-state index contributed by atoms with van der Waals surface area (Å²) in [7, 11) is 0. The number of likely N-dealkylation sites (tertiary alicyclic amines) is 1. The summed E-state index contributed by atoms with van der Waals surface area (Å²) < 4.78 is 0. The molecule has 1 aliphatic heterocycles. The van der Waals surface area contributed by atoms with Crippen molar-refractivity contribution in [1.29, 1.82) is 0 Å². The van der Waals surface area contributed by atoms with Gasteiger partial charge in [0.15, 0.2) is 0 Å². The fourth-order valence-electron chi connectivity index (χ4n) is 3.57. The largest absolute Gasteiger partial charge is 0.480 e. The molecular weight excluding hydrogens is 254 g/mol. The molecule has 1 heterocycles. The number of carboxylic acid groups (broad SMARTS) is 1. The van der Waals surface area contributed by atoms with Crippen LogP contribution in [0.1, 0.15) is 70.6 Å². The van der Waals surface area contributed by atoms with E-state index >= 15 is 0 Å². The maximum atomic E-state index is 12.7. The van der Waals surface area contributed by atoms with Gasteiger partial charge in [0.05, 0.1) is 0 Å². The first-order chi connectivity index (χ1) is 9.70. The van der Waals surface area contributed by atoms with E-state index < -0.39 is 12.0 Å². The summed E-state index contributed by atoms with van der Waals surface area (Å²) in [4.78, 5) is 25.9. The molecule has 4 nitrogen and oxygen atoms in total. The van der Waals surface area contributed by atoms with Gasteiger partial charge < -0.3 is 10.0 Å². The highest BCUT2D eigenvalue weighted by atomic mass is 16.4. The van der Waals surface area contributed by atoms with E-state index in [9.17, 15) is 14.7 Å². The van der Waals surface area contributed by atoms with E-state index in [-0.39, 0.29) is 11.8 Å². The fourth-order valence-corrected chi connectivity index (χ4v) is 3.57. The second-order valence-corrected chi connectivity index (χ2v) is 6.28. The highest BCUT2D eigenvalue weighted by Crippen LogP contribution is 2.27. The Labute approximate surface area is 121 Å². The lowest BCUT2D eigenvalue weighted by atomic mass is 9.89. The Morgan fingerprint density at radius 1 is 0.800 bits per heavy atom. The van der Waals surface area contributed by atoms with E-state index in [2.05, 4.69) is 0 Å². The lowest BCUT2D eigenvalue weighted by molar-refractivity contribution is -0.152. The Kier molecular flexibility index (Phi) is 5.86. The predicted octanol–water partition coefficient (Wildman–Crippen LogP) is 3.20. The average Bonchev–Trinajstić information content (AvgIpc) is 2.63. The molecule has 1 saturated carbocycles. The molecule has 0 aromatic heterocycles. The van der Waals surface area contributed by atoms with Crippen molar-refractivity contribution < 1.29 is 14.7 Å². The van der Waals surface area contributed by atoms with Gasteiger partial charge in [0.25, 0.3) is 0 Å². The molecule has 0 aromatic carbocycles. The van der Waals surface area contributed by atoms with Crippen molar-refractivity contribution in [2.75, 3.05) is 6.54 Å². The topological polar surface area (TPSA) is 57.6 Å². The average molecular weight is 281 g/mol. The number of nitrogens with zero attached hydrogens (tertiary/aromatic N) is 1. The van der Waals surface area contributed by atoms with Crippen molar-refractivity contribution in [3.63, 3.8) is 0 Å². The number of amides is 1. The Bertz CT molecular complexity index is 335. The lowest BCUT2D eigenvalue weighted by Gasteiger charge is -2.31. The number of carbonyl (C=O) groups is 2. The van der Waals surface area contributed by atoms with Gasteiger partial charge in [-0.05, 0) is 25.7 Å². The maximum Gasteiger partial charge on any atom is 0.326 e. The third-order valence-corrected chi connectivity index (χ3v) is 4.78. The summed E-state index contributed by atoms with van der Waals surface area (Å²) >= 11 is 0. The van der Waals surface area contributed by atoms with Gasteiger partial charge in [0.2, 0.25) is 5.91 Å². The molecule has 1 amide bonds. The van der Waals surface area contributed by atoms with Crippen LogP contribution in [0, 0.1) is 5.92 Å². The molecule has 0 bridgehead atoms. The number of carboxylic acids is 1. The van der Waals surface area contributed by atoms with E-state index in [1.165, 1.54) is 19.3 Å². The van der Waals surface area contributed by atoms with E-state index in [1.54, 1.807) is 4.90 Å². The number of hydrogen-bond acceptors (Lipinski definition) is 2. The second-order valence-electron chi connectivity index (χ2n) is 6.28. The summed E-state index contributed by atoms with van der Waals surface area (Å²) in [6, 6.07) is -0.588. The number of hydrogen-bond donors (Lipinski definition) is 1. The summed E-state index contributed by atoms with van der Waals surface area (Å²) in [6.45, 7) is 0.631. The van der Waals surface area contributed by atoms with Crippen LogP contribution in [0.25, 0.3) is 0 Å². The van der Waals surface area contributed by atoms with Gasteiger partial charge >= 0.3 is 5.97 Å². The normalized spacial score (nSPS) is 26.4. The Morgan fingerprint density at radius 2 is 1.35 bits per heavy atom. The summed E-state index contributed by atoms with van der Waals surface area (Å²) in [5.74, 6) is -0.650. The molecular formula is C16H27NO3. The third-order valence-electron chi connectivity index (χ3n) is 4.78. The minimum absolute atomic E-state index is 0.0650. The molecule has 1 N–H and O–H groups in total. The van der Waals surface area contributed by atoms with E-state index in [0.29, 0.717) is 13.0 Å². The summed E-state index contributed by atoms with van der Waals surface area (Å²) in [5.41, 5.74) is 0. The molecule has 4 heteroatoms. The SMILES string of the molecule is O=C(O)C1CCCCCN1C(=O)C1CCCCCCC1. The zero-order chi connectivity index (χ0) is 14.4. The fraction of sp³-hybridized carbons (Fsp3) is 0.875. The Balaban J connectivity index is 2.04. The number of rotatable bonds is 2. The first-order valence-corrected chi connectivity index (χ1v) is 8.23. The monoisotopic (exact) mass is 281 g/mol. The van der Waals surface area contributed by atoms with Crippen molar-refractivity contribution in [2.45, 2.75) is 76.7 Å². The molecule has 2 aliphatic rings. The molecule has 114 valence electrons. The lowest BCUT2D eigenvalue weighted by Crippen LogP contribution is -2.47. The molecule has 1 unspecified atom stereocenters. The van der Waals surface area contributed by atoms with Gasteiger partial charge in [-0.2, -0.15) is 0 Å².